The van der Waals surface area contributed by atoms with Crippen LogP contribution in [0.1, 0.15) is 37.2 Å². The van der Waals surface area contributed by atoms with Gasteiger partial charge < -0.3 is 15.5 Å². The molecule has 26 heavy (non-hydrogen) atoms. The van der Waals surface area contributed by atoms with E-state index in [9.17, 15) is 9.59 Å². The summed E-state index contributed by atoms with van der Waals surface area (Å²) in [7, 11) is 0. The van der Waals surface area contributed by atoms with Crippen molar-refractivity contribution in [3.63, 3.8) is 0 Å². The Balaban J connectivity index is 1.73. The molecular formula is C20H24N4O2. The number of benzene rings is 1. The molecule has 2 heterocycles. The molecule has 6 heteroatoms. The fourth-order valence-corrected chi connectivity index (χ4v) is 3.21. The second-order valence-electron chi connectivity index (χ2n) is 6.82. The van der Waals surface area contributed by atoms with Crippen molar-refractivity contribution in [2.24, 2.45) is 5.92 Å². The smallest absolute Gasteiger partial charge is 0.272 e. The molecule has 1 fully saturated rings. The van der Waals surface area contributed by atoms with Crippen LogP contribution in [0.5, 0.6) is 0 Å². The Hall–Kier alpha value is -2.89. The number of nitrogens with zero attached hydrogens (tertiary/aromatic N) is 2. The molecule has 1 aromatic carbocycles. The Morgan fingerprint density at radius 3 is 2.69 bits per heavy atom. The maximum atomic E-state index is 12.7. The summed E-state index contributed by atoms with van der Waals surface area (Å²) in [6, 6.07) is 11.0. The van der Waals surface area contributed by atoms with Crippen LogP contribution < -0.4 is 10.6 Å². The standard InChI is InChI=1S/C20H24N4O2/c1-14-5-4-10-24(13-14)20(26)19-12-18(8-9-21-19)23-17-7-3-6-16(11-17)22-15(2)25/h3,6-9,11-12,14H,4-5,10,13H2,1-2H3,(H,21,23)(H,22,25). The number of hydrogen-bond acceptors (Lipinski definition) is 4. The monoisotopic (exact) mass is 352 g/mol. The van der Waals surface area contributed by atoms with Crippen molar-refractivity contribution < 1.29 is 9.59 Å². The number of pyridine rings is 1. The molecule has 0 aliphatic carbocycles. The molecule has 0 bridgehead atoms. The zero-order chi connectivity index (χ0) is 18.5. The van der Waals surface area contributed by atoms with Crippen molar-refractivity contribution in [3.8, 4) is 0 Å². The van der Waals surface area contributed by atoms with E-state index in [1.54, 1.807) is 12.3 Å². The largest absolute Gasteiger partial charge is 0.355 e. The summed E-state index contributed by atoms with van der Waals surface area (Å²) >= 11 is 0. The maximum absolute atomic E-state index is 12.7. The quantitative estimate of drug-likeness (QED) is 0.881. The lowest BCUT2D eigenvalue weighted by Crippen LogP contribution is -2.39. The van der Waals surface area contributed by atoms with Crippen LogP contribution >= 0.6 is 0 Å². The predicted octanol–water partition coefficient (Wildman–Crippen LogP) is 3.66. The lowest BCUT2D eigenvalue weighted by atomic mass is 10.00. The molecule has 136 valence electrons. The molecule has 0 saturated carbocycles. The number of likely N-dealkylation sites (tertiary alicyclic amines) is 1. The highest BCUT2D eigenvalue weighted by atomic mass is 16.2. The van der Waals surface area contributed by atoms with E-state index in [1.165, 1.54) is 13.3 Å². The van der Waals surface area contributed by atoms with E-state index in [0.29, 0.717) is 11.6 Å². The zero-order valence-corrected chi connectivity index (χ0v) is 15.2. The first-order valence-electron chi connectivity index (χ1n) is 8.91. The third-order valence-electron chi connectivity index (χ3n) is 4.39. The molecule has 1 aliphatic heterocycles. The van der Waals surface area contributed by atoms with Gasteiger partial charge in [0.1, 0.15) is 5.69 Å². The molecule has 2 aromatic rings. The summed E-state index contributed by atoms with van der Waals surface area (Å²) in [5.41, 5.74) is 2.78. The second kappa shape index (κ2) is 7.99. The number of anilines is 3. The van der Waals surface area contributed by atoms with Crippen molar-refractivity contribution >= 4 is 28.9 Å². The van der Waals surface area contributed by atoms with Gasteiger partial charge in [0.25, 0.3) is 5.91 Å². The second-order valence-corrected chi connectivity index (χ2v) is 6.82. The molecule has 1 saturated heterocycles. The Kier molecular flexibility index (Phi) is 5.51. The van der Waals surface area contributed by atoms with Gasteiger partial charge in [0.15, 0.2) is 0 Å². The minimum Gasteiger partial charge on any atom is -0.355 e. The van der Waals surface area contributed by atoms with E-state index in [4.69, 9.17) is 0 Å². The van der Waals surface area contributed by atoms with Gasteiger partial charge in [-0.05, 0) is 49.1 Å². The van der Waals surface area contributed by atoms with Crippen LogP contribution in [0, 0.1) is 5.92 Å². The average Bonchev–Trinajstić information content (AvgIpc) is 2.61. The minimum atomic E-state index is -0.116. The third kappa shape index (κ3) is 4.59. The Labute approximate surface area is 153 Å². The topological polar surface area (TPSA) is 74.3 Å². The van der Waals surface area contributed by atoms with Gasteiger partial charge in [-0.2, -0.15) is 0 Å². The minimum absolute atomic E-state index is 0.0211. The number of carbonyl (C=O) groups excluding carboxylic acids is 2. The highest BCUT2D eigenvalue weighted by Crippen LogP contribution is 2.22. The maximum Gasteiger partial charge on any atom is 0.272 e. The molecule has 6 nitrogen and oxygen atoms in total. The van der Waals surface area contributed by atoms with Crippen LogP contribution in [0.25, 0.3) is 0 Å². The van der Waals surface area contributed by atoms with E-state index >= 15 is 0 Å². The predicted molar refractivity (Wildman–Crippen MR) is 103 cm³/mol. The molecule has 3 rings (SSSR count). The highest BCUT2D eigenvalue weighted by molar-refractivity contribution is 5.93. The van der Waals surface area contributed by atoms with Gasteiger partial charge in [-0.25, -0.2) is 0 Å². The zero-order valence-electron chi connectivity index (χ0n) is 15.2. The van der Waals surface area contributed by atoms with Crippen LogP contribution in [0.4, 0.5) is 17.1 Å². The molecule has 1 atom stereocenters. The van der Waals surface area contributed by atoms with Gasteiger partial charge >= 0.3 is 0 Å². The van der Waals surface area contributed by atoms with Gasteiger partial charge in [-0.3, -0.25) is 14.6 Å². The van der Waals surface area contributed by atoms with Crippen molar-refractivity contribution in [3.05, 3.63) is 48.3 Å². The van der Waals surface area contributed by atoms with Crippen LogP contribution in [0.2, 0.25) is 0 Å². The first-order chi connectivity index (χ1) is 12.5. The molecule has 0 radical (unpaired) electrons. The molecule has 1 unspecified atom stereocenters. The normalized spacial score (nSPS) is 16.8. The van der Waals surface area contributed by atoms with E-state index in [1.807, 2.05) is 35.2 Å². The Bertz CT molecular complexity index is 806. The molecule has 0 spiro atoms. The molecular weight excluding hydrogens is 328 g/mol. The SMILES string of the molecule is CC(=O)Nc1cccc(Nc2ccnc(C(=O)N3CCCC(C)C3)c2)c1. The van der Waals surface area contributed by atoms with Crippen LogP contribution in [0.15, 0.2) is 42.6 Å². The van der Waals surface area contributed by atoms with Gasteiger partial charge in [0.2, 0.25) is 5.91 Å². The number of nitrogens with one attached hydrogen (secondary N) is 2. The van der Waals surface area contributed by atoms with Crippen molar-refractivity contribution in [1.29, 1.82) is 0 Å². The molecule has 2 amide bonds. The van der Waals surface area contributed by atoms with Crippen molar-refractivity contribution in [2.75, 3.05) is 23.7 Å². The average molecular weight is 352 g/mol. The molecule has 1 aliphatic rings. The number of carbonyl (C=O) groups is 2. The van der Waals surface area contributed by atoms with Gasteiger partial charge in [-0.15, -0.1) is 0 Å². The third-order valence-corrected chi connectivity index (χ3v) is 4.39. The molecule has 2 N–H and O–H groups in total. The fraction of sp³-hybridized carbons (Fsp3) is 0.350. The summed E-state index contributed by atoms with van der Waals surface area (Å²) in [6.07, 6.45) is 3.85. The van der Waals surface area contributed by atoms with Gasteiger partial charge in [0, 0.05) is 43.3 Å². The summed E-state index contributed by atoms with van der Waals surface area (Å²) in [4.78, 5) is 30.0. The number of hydrogen-bond donors (Lipinski definition) is 2. The number of rotatable bonds is 4. The lowest BCUT2D eigenvalue weighted by Gasteiger charge is -2.30. The first-order valence-corrected chi connectivity index (χ1v) is 8.91. The number of piperidine rings is 1. The van der Waals surface area contributed by atoms with E-state index in [2.05, 4.69) is 22.5 Å². The summed E-state index contributed by atoms with van der Waals surface area (Å²) in [5.74, 6) is 0.396. The first kappa shape index (κ1) is 17.9. The molecule has 1 aromatic heterocycles. The summed E-state index contributed by atoms with van der Waals surface area (Å²) in [5, 5.41) is 6.02. The Morgan fingerprint density at radius 2 is 1.92 bits per heavy atom. The Morgan fingerprint density at radius 1 is 1.15 bits per heavy atom. The van der Waals surface area contributed by atoms with Crippen molar-refractivity contribution in [2.45, 2.75) is 26.7 Å². The van der Waals surface area contributed by atoms with E-state index < -0.39 is 0 Å². The van der Waals surface area contributed by atoms with Gasteiger partial charge in [0.05, 0.1) is 0 Å². The highest BCUT2D eigenvalue weighted by Gasteiger charge is 2.23. The number of aromatic nitrogens is 1. The van der Waals surface area contributed by atoms with E-state index in [-0.39, 0.29) is 11.8 Å². The summed E-state index contributed by atoms with van der Waals surface area (Å²) in [6.45, 7) is 5.23. The summed E-state index contributed by atoms with van der Waals surface area (Å²) < 4.78 is 0. The van der Waals surface area contributed by atoms with Crippen molar-refractivity contribution in [1.82, 2.24) is 9.88 Å². The van der Waals surface area contributed by atoms with Crippen LogP contribution in [0.3, 0.4) is 0 Å². The van der Waals surface area contributed by atoms with Crippen LogP contribution in [-0.4, -0.2) is 34.8 Å². The fourth-order valence-electron chi connectivity index (χ4n) is 3.21. The van der Waals surface area contributed by atoms with Crippen LogP contribution in [-0.2, 0) is 4.79 Å². The lowest BCUT2D eigenvalue weighted by molar-refractivity contribution is -0.114. The van der Waals surface area contributed by atoms with Gasteiger partial charge in [-0.1, -0.05) is 13.0 Å². The van der Waals surface area contributed by atoms with E-state index in [0.717, 1.165) is 36.6 Å². The number of amides is 2.